The third-order valence-electron chi connectivity index (χ3n) is 7.67. The second-order valence-corrected chi connectivity index (χ2v) is 9.72. The molecule has 4 aliphatic heterocycles. The van der Waals surface area contributed by atoms with Crippen LogP contribution in [0.5, 0.6) is 0 Å². The van der Waals surface area contributed by atoms with E-state index >= 15 is 4.39 Å². The van der Waals surface area contributed by atoms with Crippen molar-refractivity contribution < 1.29 is 18.8 Å². The number of nitrogens with zero attached hydrogens (tertiary/aromatic N) is 2. The van der Waals surface area contributed by atoms with E-state index in [1.807, 2.05) is 0 Å². The Morgan fingerprint density at radius 1 is 0.970 bits per heavy atom. The summed E-state index contributed by atoms with van der Waals surface area (Å²) < 4.78 is 15.0. The van der Waals surface area contributed by atoms with Crippen LogP contribution in [0.15, 0.2) is 12.1 Å². The molecule has 2 N–H and O–H groups in total. The lowest BCUT2D eigenvalue weighted by molar-refractivity contribution is -0.136. The first-order chi connectivity index (χ1) is 15.5. The molecule has 0 radical (unpaired) electrons. The van der Waals surface area contributed by atoms with Gasteiger partial charge in [0.2, 0.25) is 11.8 Å². The van der Waals surface area contributed by atoms with Crippen molar-refractivity contribution in [1.29, 1.82) is 0 Å². The first-order valence-corrected chi connectivity index (χ1v) is 11.9. The van der Waals surface area contributed by atoms with Gasteiger partial charge in [0.1, 0.15) is 11.9 Å². The molecule has 5 rings (SSSR count). The van der Waals surface area contributed by atoms with Crippen molar-refractivity contribution >= 4 is 35.8 Å². The zero-order chi connectivity index (χ0) is 22.2. The zero-order valence-electron chi connectivity index (χ0n) is 18.8. The summed E-state index contributed by atoms with van der Waals surface area (Å²) in [6.07, 6.45) is 6.46. The van der Waals surface area contributed by atoms with Gasteiger partial charge in [-0.1, -0.05) is 0 Å². The van der Waals surface area contributed by atoms with Crippen molar-refractivity contribution in [3.8, 4) is 0 Å². The number of hydrogen-bond donors (Lipinski definition) is 2. The van der Waals surface area contributed by atoms with Gasteiger partial charge in [0, 0.05) is 31.6 Å². The van der Waals surface area contributed by atoms with Gasteiger partial charge in [-0.3, -0.25) is 19.7 Å². The number of carbonyl (C=O) groups is 3. The largest absolute Gasteiger partial charge is 0.369 e. The lowest BCUT2D eigenvalue weighted by Crippen LogP contribution is -2.52. The Kier molecular flexibility index (Phi) is 7.24. The number of imide groups is 1. The highest BCUT2D eigenvalue weighted by Gasteiger charge is 2.40. The van der Waals surface area contributed by atoms with E-state index in [1.54, 1.807) is 6.07 Å². The molecule has 1 aromatic carbocycles. The van der Waals surface area contributed by atoms with Crippen molar-refractivity contribution in [3.63, 3.8) is 0 Å². The molecule has 4 heterocycles. The molecule has 3 fully saturated rings. The standard InChI is InChI=1S/C24H31FN4O3.ClH/c25-19-13-18-17(14-29(24(18)32)20-1-2-22(30)27-23(20)31)12-21(19)28-9-5-16(6-10-28)11-15-3-7-26-8-4-15;/h12-13,15-16,20,26H,1-11,14H2,(H,27,30,31);1H. The average Bonchev–Trinajstić information content (AvgIpc) is 3.10. The number of piperidine rings is 3. The van der Waals surface area contributed by atoms with Crippen molar-refractivity contribution in [2.45, 2.75) is 57.5 Å². The van der Waals surface area contributed by atoms with Crippen LogP contribution in [0.2, 0.25) is 0 Å². The number of benzene rings is 1. The molecule has 3 amide bonds. The van der Waals surface area contributed by atoms with E-state index in [-0.39, 0.29) is 43.0 Å². The van der Waals surface area contributed by atoms with Gasteiger partial charge in [-0.05, 0) is 81.1 Å². The van der Waals surface area contributed by atoms with E-state index in [2.05, 4.69) is 15.5 Å². The third-order valence-corrected chi connectivity index (χ3v) is 7.67. The maximum absolute atomic E-state index is 15.0. The smallest absolute Gasteiger partial charge is 0.255 e. The van der Waals surface area contributed by atoms with Crippen molar-refractivity contribution in [3.05, 3.63) is 29.1 Å². The molecule has 1 aromatic rings. The SMILES string of the molecule is Cl.O=C1CCC(N2Cc3cc(N4CCC(CC5CCNCC5)CC4)c(F)cc3C2=O)C(=O)N1. The molecule has 0 aliphatic carbocycles. The Hall–Kier alpha value is -2.19. The molecule has 180 valence electrons. The first kappa shape index (κ1) is 24.0. The Bertz CT molecular complexity index is 929. The number of hydrogen-bond acceptors (Lipinski definition) is 5. The highest BCUT2D eigenvalue weighted by Crippen LogP contribution is 2.35. The van der Waals surface area contributed by atoms with Crippen LogP contribution in [-0.4, -0.2) is 54.8 Å². The molecule has 0 aromatic heterocycles. The number of rotatable bonds is 4. The average molecular weight is 479 g/mol. The summed E-state index contributed by atoms with van der Waals surface area (Å²) in [5.41, 5.74) is 1.65. The fourth-order valence-corrected chi connectivity index (χ4v) is 5.82. The predicted molar refractivity (Wildman–Crippen MR) is 125 cm³/mol. The number of carbonyl (C=O) groups excluding carboxylic acids is 3. The molecule has 7 nitrogen and oxygen atoms in total. The fraction of sp³-hybridized carbons (Fsp3) is 0.625. The van der Waals surface area contributed by atoms with Crippen LogP contribution in [0.4, 0.5) is 10.1 Å². The molecule has 0 saturated carbocycles. The monoisotopic (exact) mass is 478 g/mol. The second kappa shape index (κ2) is 9.97. The molecular formula is C24H32ClFN4O3. The lowest BCUT2D eigenvalue weighted by atomic mass is 9.83. The quantitative estimate of drug-likeness (QED) is 0.650. The highest BCUT2D eigenvalue weighted by atomic mass is 35.5. The van der Waals surface area contributed by atoms with Crippen LogP contribution in [0.1, 0.15) is 60.9 Å². The summed E-state index contributed by atoms with van der Waals surface area (Å²) in [4.78, 5) is 40.1. The van der Waals surface area contributed by atoms with E-state index in [4.69, 9.17) is 0 Å². The minimum atomic E-state index is -0.676. The number of halogens is 2. The van der Waals surface area contributed by atoms with Gasteiger partial charge < -0.3 is 15.1 Å². The lowest BCUT2D eigenvalue weighted by Gasteiger charge is -2.36. The van der Waals surface area contributed by atoms with Crippen LogP contribution in [0.3, 0.4) is 0 Å². The van der Waals surface area contributed by atoms with E-state index in [0.717, 1.165) is 50.5 Å². The Morgan fingerprint density at radius 2 is 1.67 bits per heavy atom. The van der Waals surface area contributed by atoms with Crippen molar-refractivity contribution in [2.75, 3.05) is 31.1 Å². The number of nitrogens with one attached hydrogen (secondary N) is 2. The van der Waals surface area contributed by atoms with Crippen LogP contribution in [0.25, 0.3) is 0 Å². The first-order valence-electron chi connectivity index (χ1n) is 11.9. The van der Waals surface area contributed by atoms with Crippen LogP contribution < -0.4 is 15.5 Å². The van der Waals surface area contributed by atoms with Crippen LogP contribution in [-0.2, 0) is 16.1 Å². The number of anilines is 1. The van der Waals surface area contributed by atoms with Gasteiger partial charge in [0.05, 0.1) is 5.69 Å². The second-order valence-electron chi connectivity index (χ2n) is 9.72. The van der Waals surface area contributed by atoms with Gasteiger partial charge in [-0.15, -0.1) is 12.4 Å². The van der Waals surface area contributed by atoms with E-state index in [1.165, 1.54) is 30.2 Å². The molecule has 0 spiro atoms. The Balaban J connectivity index is 0.00000259. The van der Waals surface area contributed by atoms with Gasteiger partial charge >= 0.3 is 0 Å². The minimum Gasteiger partial charge on any atom is -0.369 e. The normalized spacial score (nSPS) is 24.5. The summed E-state index contributed by atoms with van der Waals surface area (Å²) >= 11 is 0. The van der Waals surface area contributed by atoms with Gasteiger partial charge in [-0.25, -0.2) is 4.39 Å². The summed E-state index contributed by atoms with van der Waals surface area (Å²) in [6.45, 7) is 4.18. The maximum Gasteiger partial charge on any atom is 0.255 e. The summed E-state index contributed by atoms with van der Waals surface area (Å²) in [5, 5.41) is 5.73. The van der Waals surface area contributed by atoms with Gasteiger partial charge in [-0.2, -0.15) is 0 Å². The van der Waals surface area contributed by atoms with Gasteiger partial charge in [0.15, 0.2) is 0 Å². The molecule has 3 saturated heterocycles. The van der Waals surface area contributed by atoms with E-state index < -0.39 is 11.9 Å². The third kappa shape index (κ3) is 4.87. The number of fused-ring (bicyclic) bond motifs is 1. The topological polar surface area (TPSA) is 81.8 Å². The predicted octanol–water partition coefficient (Wildman–Crippen LogP) is 2.61. The molecule has 4 aliphatic rings. The van der Waals surface area contributed by atoms with E-state index in [0.29, 0.717) is 23.6 Å². The van der Waals surface area contributed by atoms with Crippen LogP contribution >= 0.6 is 12.4 Å². The van der Waals surface area contributed by atoms with E-state index in [9.17, 15) is 14.4 Å². The number of amides is 3. The minimum absolute atomic E-state index is 0. The van der Waals surface area contributed by atoms with Crippen molar-refractivity contribution in [1.82, 2.24) is 15.5 Å². The zero-order valence-corrected chi connectivity index (χ0v) is 19.6. The van der Waals surface area contributed by atoms with Crippen LogP contribution in [0, 0.1) is 17.7 Å². The molecular weight excluding hydrogens is 447 g/mol. The molecule has 33 heavy (non-hydrogen) atoms. The maximum atomic E-state index is 15.0. The molecule has 9 heteroatoms. The summed E-state index contributed by atoms with van der Waals surface area (Å²) in [7, 11) is 0. The van der Waals surface area contributed by atoms with Gasteiger partial charge in [0.25, 0.3) is 5.91 Å². The Morgan fingerprint density at radius 3 is 2.36 bits per heavy atom. The summed E-state index contributed by atoms with van der Waals surface area (Å²) in [5.74, 6) is 0.0520. The molecule has 0 bridgehead atoms. The highest BCUT2D eigenvalue weighted by molar-refractivity contribution is 6.05. The van der Waals surface area contributed by atoms with Crippen molar-refractivity contribution in [2.24, 2.45) is 11.8 Å². The molecule has 1 unspecified atom stereocenters. The molecule has 1 atom stereocenters. The Labute approximate surface area is 199 Å². The summed E-state index contributed by atoms with van der Waals surface area (Å²) in [6, 6.07) is 2.45. The fourth-order valence-electron chi connectivity index (χ4n) is 5.82.